The van der Waals surface area contributed by atoms with Crippen LogP contribution in [-0.2, 0) is 0 Å². The average molecular weight is 560 g/mol. The lowest BCUT2D eigenvalue weighted by Gasteiger charge is -2.29. The van der Waals surface area contributed by atoms with Crippen molar-refractivity contribution in [3.05, 3.63) is 84.9 Å². The highest BCUT2D eigenvalue weighted by molar-refractivity contribution is 7.80. The predicted molar refractivity (Wildman–Crippen MR) is 152 cm³/mol. The van der Waals surface area contributed by atoms with E-state index in [9.17, 15) is 0 Å². The molecule has 0 aliphatic carbocycles. The fourth-order valence-electron chi connectivity index (χ4n) is 4.32. The molecule has 0 unspecified atom stereocenters. The molecule has 0 radical (unpaired) electrons. The summed E-state index contributed by atoms with van der Waals surface area (Å²) in [5.74, 6) is 1.13. The molecule has 0 saturated carbocycles. The number of hydrogen-bond acceptors (Lipinski definition) is 1. The van der Waals surface area contributed by atoms with Crippen LogP contribution < -0.4 is 37.4 Å². The van der Waals surface area contributed by atoms with Crippen molar-refractivity contribution in [1.29, 1.82) is 0 Å². The Morgan fingerprint density at radius 3 is 1.44 bits per heavy atom. The number of para-hydroxylation sites is 1. The van der Waals surface area contributed by atoms with Gasteiger partial charge in [0.15, 0.2) is 13.2 Å². The van der Waals surface area contributed by atoms with Crippen LogP contribution in [0.5, 0.6) is 5.75 Å². The van der Waals surface area contributed by atoms with Gasteiger partial charge in [-0.15, -0.1) is 0 Å². The van der Waals surface area contributed by atoms with Crippen LogP contribution in [0.1, 0.15) is 59.3 Å². The van der Waals surface area contributed by atoms with Crippen molar-refractivity contribution in [1.82, 2.24) is 0 Å². The third-order valence-electron chi connectivity index (χ3n) is 6.18. The van der Waals surface area contributed by atoms with Gasteiger partial charge in [0.1, 0.15) is 0 Å². The van der Waals surface area contributed by atoms with Crippen LogP contribution >= 0.6 is 15.4 Å². The predicted octanol–water partition coefficient (Wildman–Crippen LogP) is 5.16. The largest absolute Gasteiger partial charge is 1.00 e. The molecule has 0 amide bonds. The maximum absolute atomic E-state index is 7.29. The van der Waals surface area contributed by atoms with Gasteiger partial charge in [0.05, 0.1) is 18.5 Å². The Balaban J connectivity index is 0.00000408. The Labute approximate surface area is 220 Å². The van der Waals surface area contributed by atoms with Crippen molar-refractivity contribution >= 4 is 31.3 Å². The van der Waals surface area contributed by atoms with Gasteiger partial charge in [-0.05, 0) is 49.9 Å². The molecular formula is C30H41BrOP2. The highest BCUT2D eigenvalue weighted by Crippen LogP contribution is 2.61. The van der Waals surface area contributed by atoms with Crippen molar-refractivity contribution in [3.8, 4) is 5.75 Å². The zero-order chi connectivity index (χ0) is 23.4. The van der Waals surface area contributed by atoms with Gasteiger partial charge in [0.25, 0.3) is 0 Å². The SMILES string of the molecule is CCCC[P+](CCCC)(CCCC)Oc1ccccc1P(c1ccccc1)c1ccccc1.[Br-]. The number of unbranched alkanes of at least 4 members (excludes halogenated alkanes) is 3. The van der Waals surface area contributed by atoms with Crippen LogP contribution in [0.25, 0.3) is 0 Å². The zero-order valence-electron chi connectivity index (χ0n) is 21.1. The van der Waals surface area contributed by atoms with Gasteiger partial charge in [-0.3, -0.25) is 0 Å². The van der Waals surface area contributed by atoms with Gasteiger partial charge in [-0.25, -0.2) is 0 Å². The first-order chi connectivity index (χ1) is 16.2. The molecular weight excluding hydrogens is 518 g/mol. The molecule has 0 saturated heterocycles. The van der Waals surface area contributed by atoms with E-state index < -0.39 is 15.4 Å². The molecule has 1 nitrogen and oxygen atoms in total. The molecule has 0 N–H and O–H groups in total. The second kappa shape index (κ2) is 15.7. The number of halogens is 1. The smallest absolute Gasteiger partial charge is 0.190 e. The Hall–Kier alpha value is -1.20. The molecule has 0 aromatic heterocycles. The summed E-state index contributed by atoms with van der Waals surface area (Å²) in [4.78, 5) is 0. The first-order valence-electron chi connectivity index (χ1n) is 12.8. The van der Waals surface area contributed by atoms with E-state index in [0.29, 0.717) is 0 Å². The molecule has 0 spiro atoms. The molecule has 34 heavy (non-hydrogen) atoms. The van der Waals surface area contributed by atoms with E-state index in [2.05, 4.69) is 106 Å². The maximum atomic E-state index is 7.29. The van der Waals surface area contributed by atoms with Gasteiger partial charge in [-0.2, -0.15) is 0 Å². The topological polar surface area (TPSA) is 9.23 Å². The lowest BCUT2D eigenvalue weighted by atomic mass is 10.3. The summed E-state index contributed by atoms with van der Waals surface area (Å²) >= 11 is 0. The summed E-state index contributed by atoms with van der Waals surface area (Å²) in [5.41, 5.74) is 0. The third kappa shape index (κ3) is 8.19. The summed E-state index contributed by atoms with van der Waals surface area (Å²) in [6.07, 6.45) is 11.3. The van der Waals surface area contributed by atoms with Crippen LogP contribution in [0, 0.1) is 0 Å². The van der Waals surface area contributed by atoms with Gasteiger partial charge < -0.3 is 21.5 Å². The monoisotopic (exact) mass is 558 g/mol. The second-order valence-corrected chi connectivity index (χ2v) is 14.7. The molecule has 0 atom stereocenters. The van der Waals surface area contributed by atoms with Gasteiger partial charge in [0, 0.05) is 5.30 Å². The minimum absolute atomic E-state index is 0. The van der Waals surface area contributed by atoms with Crippen LogP contribution in [0.2, 0.25) is 0 Å². The van der Waals surface area contributed by atoms with Crippen LogP contribution in [0.3, 0.4) is 0 Å². The van der Waals surface area contributed by atoms with Crippen molar-refractivity contribution < 1.29 is 21.5 Å². The van der Waals surface area contributed by atoms with Crippen molar-refractivity contribution in [2.75, 3.05) is 18.5 Å². The fraction of sp³-hybridized carbons (Fsp3) is 0.400. The number of hydrogen-bond donors (Lipinski definition) is 0. The number of rotatable bonds is 14. The molecule has 0 aliphatic heterocycles. The van der Waals surface area contributed by atoms with E-state index in [0.717, 1.165) is 5.75 Å². The third-order valence-corrected chi connectivity index (χ3v) is 12.6. The highest BCUT2D eigenvalue weighted by Gasteiger charge is 2.40. The Morgan fingerprint density at radius 2 is 1.00 bits per heavy atom. The minimum atomic E-state index is -1.51. The summed E-state index contributed by atoms with van der Waals surface area (Å²) in [7, 11) is -2.17. The summed E-state index contributed by atoms with van der Waals surface area (Å²) in [6, 6.07) is 30.9. The second-order valence-electron chi connectivity index (χ2n) is 8.86. The Morgan fingerprint density at radius 1 is 0.588 bits per heavy atom. The molecule has 0 aliphatic rings. The van der Waals surface area contributed by atoms with Crippen molar-refractivity contribution in [3.63, 3.8) is 0 Å². The summed E-state index contributed by atoms with van der Waals surface area (Å²) < 4.78 is 7.29. The molecule has 4 heteroatoms. The minimum Gasteiger partial charge on any atom is -1.00 e. The quantitative estimate of drug-likeness (QED) is 0.248. The lowest BCUT2D eigenvalue weighted by molar-refractivity contribution is -0.00000742. The van der Waals surface area contributed by atoms with Crippen LogP contribution in [0.4, 0.5) is 0 Å². The Bertz CT molecular complexity index is 872. The van der Waals surface area contributed by atoms with Crippen molar-refractivity contribution in [2.24, 2.45) is 0 Å². The standard InChI is InChI=1S/C30H41OP2.BrH/c1-4-7-24-33(25-8-5-2,26-9-6-3)31-29-22-16-17-23-30(29)32(27-18-12-10-13-19-27)28-20-14-11-15-21-28;/h10-23H,4-9,24-26H2,1-3H3;1H/q+1;/p-1. The van der Waals surface area contributed by atoms with Gasteiger partial charge in [0.2, 0.25) is 0 Å². The first-order valence-corrected chi connectivity index (χ1v) is 16.4. The molecule has 3 aromatic rings. The Kier molecular flexibility index (Phi) is 13.4. The summed E-state index contributed by atoms with van der Waals surface area (Å²) in [6.45, 7) is 6.94. The van der Waals surface area contributed by atoms with Crippen molar-refractivity contribution in [2.45, 2.75) is 59.3 Å². The maximum Gasteiger partial charge on any atom is 0.190 e. The molecule has 3 aromatic carbocycles. The lowest BCUT2D eigenvalue weighted by Crippen LogP contribution is -3.00. The summed E-state index contributed by atoms with van der Waals surface area (Å²) in [5, 5.41) is 4.13. The molecule has 0 bridgehead atoms. The van der Waals surface area contributed by atoms with E-state index in [4.69, 9.17) is 4.52 Å². The van der Waals surface area contributed by atoms with E-state index in [-0.39, 0.29) is 17.0 Å². The molecule has 0 fully saturated rings. The number of benzene rings is 3. The zero-order valence-corrected chi connectivity index (χ0v) is 24.5. The molecule has 184 valence electrons. The van der Waals surface area contributed by atoms with Crippen LogP contribution in [-0.4, -0.2) is 18.5 Å². The first kappa shape index (κ1) is 29.0. The van der Waals surface area contributed by atoms with Crippen LogP contribution in [0.15, 0.2) is 84.9 Å². The fourth-order valence-corrected chi connectivity index (χ4v) is 11.0. The van der Waals surface area contributed by atoms with E-state index >= 15 is 0 Å². The van der Waals surface area contributed by atoms with Gasteiger partial charge in [-0.1, -0.05) is 113 Å². The van der Waals surface area contributed by atoms with E-state index in [1.807, 2.05) is 0 Å². The average Bonchev–Trinajstić information content (AvgIpc) is 2.87. The highest BCUT2D eigenvalue weighted by atomic mass is 79.9. The van der Waals surface area contributed by atoms with E-state index in [1.165, 1.54) is 72.9 Å². The molecule has 0 heterocycles. The normalized spacial score (nSPS) is 11.3. The van der Waals surface area contributed by atoms with Gasteiger partial charge >= 0.3 is 0 Å². The van der Waals surface area contributed by atoms with E-state index in [1.54, 1.807) is 0 Å². The molecule has 3 rings (SSSR count).